The maximum atomic E-state index is 6.43. The maximum Gasteiger partial charge on any atom is 0.248 e. The van der Waals surface area contributed by atoms with Crippen molar-refractivity contribution in [2.45, 2.75) is 13.1 Å². The molecule has 0 aliphatic carbocycles. The lowest BCUT2D eigenvalue weighted by Crippen LogP contribution is -2.24. The average Bonchev–Trinajstić information content (AvgIpc) is 2.77. The van der Waals surface area contributed by atoms with Gasteiger partial charge >= 0.3 is 0 Å². The van der Waals surface area contributed by atoms with Gasteiger partial charge in [-0.1, -0.05) is 60.7 Å². The van der Waals surface area contributed by atoms with Gasteiger partial charge in [-0.25, -0.2) is 4.98 Å². The van der Waals surface area contributed by atoms with Crippen LogP contribution in [0, 0.1) is 0 Å². The number of rotatable bonds is 7. The van der Waals surface area contributed by atoms with Crippen molar-refractivity contribution in [1.29, 1.82) is 0 Å². The fourth-order valence-corrected chi connectivity index (χ4v) is 3.04. The quantitative estimate of drug-likeness (QED) is 0.508. The Morgan fingerprint density at radius 2 is 1.45 bits per heavy atom. The summed E-state index contributed by atoms with van der Waals surface area (Å²) in [5, 5.41) is 0. The highest BCUT2D eigenvalue weighted by Crippen LogP contribution is 2.32. The molecule has 4 rings (SSSR count). The van der Waals surface area contributed by atoms with Crippen LogP contribution in [-0.2, 0) is 13.1 Å². The monoisotopic (exact) mass is 383 g/mol. The molecule has 0 spiro atoms. The summed E-state index contributed by atoms with van der Waals surface area (Å²) >= 11 is 0. The lowest BCUT2D eigenvalue weighted by atomic mass is 10.1. The summed E-state index contributed by atoms with van der Waals surface area (Å²) in [6, 6.07) is 24.0. The zero-order valence-corrected chi connectivity index (χ0v) is 15.8. The average molecular weight is 383 g/mol. The highest BCUT2D eigenvalue weighted by atomic mass is 16.5. The van der Waals surface area contributed by atoms with E-state index < -0.39 is 0 Å². The number of aromatic nitrogens is 3. The number of anilines is 2. The molecule has 29 heavy (non-hydrogen) atoms. The summed E-state index contributed by atoms with van der Waals surface area (Å²) in [4.78, 5) is 14.9. The Kier molecular flexibility index (Phi) is 5.62. The van der Waals surface area contributed by atoms with Crippen molar-refractivity contribution in [2.24, 2.45) is 0 Å². The van der Waals surface area contributed by atoms with Gasteiger partial charge in [0.25, 0.3) is 0 Å². The summed E-state index contributed by atoms with van der Waals surface area (Å²) in [5.74, 6) is 1.52. The molecule has 0 amide bonds. The summed E-state index contributed by atoms with van der Waals surface area (Å²) in [6.07, 6.45) is 4.77. The fraction of sp³-hybridized carbons (Fsp3) is 0.0870. The molecule has 2 aromatic carbocycles. The van der Waals surface area contributed by atoms with Crippen LogP contribution in [0.5, 0.6) is 11.6 Å². The van der Waals surface area contributed by atoms with Gasteiger partial charge in [0.2, 0.25) is 5.88 Å². The van der Waals surface area contributed by atoms with Crippen molar-refractivity contribution >= 4 is 11.5 Å². The molecule has 0 aliphatic heterocycles. The Labute approximate surface area is 169 Å². The number of nitrogens with two attached hydrogens (primary N) is 1. The van der Waals surface area contributed by atoms with Gasteiger partial charge in [0.1, 0.15) is 17.8 Å². The van der Waals surface area contributed by atoms with E-state index in [1.54, 1.807) is 24.5 Å². The van der Waals surface area contributed by atoms with Gasteiger partial charge in [-0.05, 0) is 23.3 Å². The van der Waals surface area contributed by atoms with Gasteiger partial charge in [0.05, 0.1) is 6.20 Å². The van der Waals surface area contributed by atoms with Crippen LogP contribution in [0.3, 0.4) is 0 Å². The third-order valence-electron chi connectivity index (χ3n) is 4.41. The molecule has 0 saturated heterocycles. The Morgan fingerprint density at radius 3 is 2.03 bits per heavy atom. The first-order valence-corrected chi connectivity index (χ1v) is 9.31. The Bertz CT molecular complexity index is 1000. The van der Waals surface area contributed by atoms with E-state index in [9.17, 15) is 0 Å². The number of hydrogen-bond donors (Lipinski definition) is 1. The second-order valence-corrected chi connectivity index (χ2v) is 6.53. The van der Waals surface area contributed by atoms with E-state index >= 15 is 0 Å². The minimum Gasteiger partial charge on any atom is -0.435 e. The van der Waals surface area contributed by atoms with Crippen LogP contribution in [0.15, 0.2) is 91.5 Å². The smallest absolute Gasteiger partial charge is 0.248 e. The van der Waals surface area contributed by atoms with Crippen LogP contribution >= 0.6 is 0 Å². The number of benzene rings is 2. The van der Waals surface area contributed by atoms with E-state index in [0.717, 1.165) is 11.1 Å². The molecule has 0 atom stereocenters. The van der Waals surface area contributed by atoms with Gasteiger partial charge in [-0.15, -0.1) is 0 Å². The zero-order valence-electron chi connectivity index (χ0n) is 15.8. The molecule has 4 aromatic rings. The Balaban J connectivity index is 1.67. The fourth-order valence-electron chi connectivity index (χ4n) is 3.04. The number of pyridine rings is 1. The predicted molar refractivity (Wildman–Crippen MR) is 114 cm³/mol. The van der Waals surface area contributed by atoms with Crippen LogP contribution < -0.4 is 15.4 Å². The van der Waals surface area contributed by atoms with E-state index in [1.165, 1.54) is 6.33 Å². The molecule has 2 N–H and O–H groups in total. The molecule has 0 saturated carbocycles. The van der Waals surface area contributed by atoms with Crippen molar-refractivity contribution in [3.8, 4) is 11.6 Å². The highest BCUT2D eigenvalue weighted by molar-refractivity contribution is 5.68. The molecule has 2 heterocycles. The molecule has 6 nitrogen and oxygen atoms in total. The molecule has 0 bridgehead atoms. The van der Waals surface area contributed by atoms with E-state index in [4.69, 9.17) is 10.5 Å². The maximum absolute atomic E-state index is 6.43. The van der Waals surface area contributed by atoms with E-state index in [-0.39, 0.29) is 0 Å². The van der Waals surface area contributed by atoms with Crippen LogP contribution in [-0.4, -0.2) is 15.0 Å². The molecule has 6 heteroatoms. The summed E-state index contributed by atoms with van der Waals surface area (Å²) in [5.41, 5.74) is 9.15. The number of nitrogen functional groups attached to an aromatic ring is 1. The van der Waals surface area contributed by atoms with Crippen molar-refractivity contribution in [3.05, 3.63) is 103 Å². The number of ether oxygens (including phenoxy) is 1. The molecule has 0 fully saturated rings. The number of hydrogen-bond acceptors (Lipinski definition) is 6. The standard InChI is InChI=1S/C23H21N5O/c24-21-22(26-17-27-23(21)29-20-12-7-13-25-14-20)28(15-18-8-3-1-4-9-18)16-19-10-5-2-6-11-19/h1-14,17H,15-16,24H2. The lowest BCUT2D eigenvalue weighted by molar-refractivity contribution is 0.462. The van der Waals surface area contributed by atoms with Gasteiger partial charge in [0.15, 0.2) is 5.82 Å². The zero-order chi connectivity index (χ0) is 19.9. The Morgan fingerprint density at radius 1 is 0.793 bits per heavy atom. The van der Waals surface area contributed by atoms with Crippen LogP contribution in [0.2, 0.25) is 0 Å². The second-order valence-electron chi connectivity index (χ2n) is 6.53. The van der Waals surface area contributed by atoms with Crippen molar-refractivity contribution < 1.29 is 4.74 Å². The van der Waals surface area contributed by atoms with E-state index in [1.807, 2.05) is 36.4 Å². The van der Waals surface area contributed by atoms with Crippen LogP contribution in [0.1, 0.15) is 11.1 Å². The van der Waals surface area contributed by atoms with Crippen molar-refractivity contribution in [2.75, 3.05) is 10.6 Å². The first kappa shape index (κ1) is 18.4. The minimum atomic E-state index is 0.314. The lowest BCUT2D eigenvalue weighted by Gasteiger charge is -2.25. The minimum absolute atomic E-state index is 0.314. The van der Waals surface area contributed by atoms with E-state index in [0.29, 0.717) is 36.2 Å². The van der Waals surface area contributed by atoms with E-state index in [2.05, 4.69) is 44.1 Å². The van der Waals surface area contributed by atoms with Gasteiger partial charge in [0, 0.05) is 19.3 Å². The SMILES string of the molecule is Nc1c(Oc2cccnc2)ncnc1N(Cc1ccccc1)Cc1ccccc1. The van der Waals surface area contributed by atoms with Gasteiger partial charge < -0.3 is 15.4 Å². The summed E-state index contributed by atoms with van der Waals surface area (Å²) in [7, 11) is 0. The third-order valence-corrected chi connectivity index (χ3v) is 4.41. The van der Waals surface area contributed by atoms with Crippen LogP contribution in [0.4, 0.5) is 11.5 Å². The molecule has 0 aliphatic rings. The second kappa shape index (κ2) is 8.84. The highest BCUT2D eigenvalue weighted by Gasteiger charge is 2.17. The Hall–Kier alpha value is -3.93. The summed E-state index contributed by atoms with van der Waals surface area (Å²) < 4.78 is 5.84. The molecular weight excluding hydrogens is 362 g/mol. The summed E-state index contributed by atoms with van der Waals surface area (Å²) in [6.45, 7) is 1.31. The number of nitrogens with zero attached hydrogens (tertiary/aromatic N) is 4. The largest absolute Gasteiger partial charge is 0.435 e. The van der Waals surface area contributed by atoms with Crippen molar-refractivity contribution in [3.63, 3.8) is 0 Å². The molecule has 0 unspecified atom stereocenters. The molecule has 2 aromatic heterocycles. The topological polar surface area (TPSA) is 77.2 Å². The first-order chi connectivity index (χ1) is 14.3. The van der Waals surface area contributed by atoms with Gasteiger partial charge in [-0.3, -0.25) is 4.98 Å². The normalized spacial score (nSPS) is 10.5. The molecule has 144 valence electrons. The molecule has 0 radical (unpaired) electrons. The first-order valence-electron chi connectivity index (χ1n) is 9.31. The predicted octanol–water partition coefficient (Wildman–Crippen LogP) is 4.45. The van der Waals surface area contributed by atoms with Gasteiger partial charge in [-0.2, -0.15) is 4.98 Å². The third kappa shape index (κ3) is 4.68. The molecular formula is C23H21N5O. The van der Waals surface area contributed by atoms with Crippen LogP contribution in [0.25, 0.3) is 0 Å². The van der Waals surface area contributed by atoms with Crippen molar-refractivity contribution in [1.82, 2.24) is 15.0 Å².